The zero-order valence-corrected chi connectivity index (χ0v) is 10.5. The highest BCUT2D eigenvalue weighted by molar-refractivity contribution is 7.50. The van der Waals surface area contributed by atoms with Crippen molar-refractivity contribution in [1.82, 2.24) is 4.67 Å². The van der Waals surface area contributed by atoms with Gasteiger partial charge in [0, 0.05) is 24.8 Å². The SMILES string of the molecule is N#CCCOP(=O)(O)N(CCCl)CCCl. The Morgan fingerprint density at radius 1 is 1.40 bits per heavy atom. The molecule has 0 aromatic heterocycles. The molecule has 0 saturated heterocycles. The van der Waals surface area contributed by atoms with Gasteiger partial charge in [-0.05, 0) is 0 Å². The monoisotopic (exact) mass is 274 g/mol. The summed E-state index contributed by atoms with van der Waals surface area (Å²) in [6.07, 6.45) is 0.0696. The smallest absolute Gasteiger partial charge is 0.312 e. The first-order chi connectivity index (χ1) is 7.08. The quantitative estimate of drug-likeness (QED) is 0.415. The number of nitrogens with zero attached hydrogens (tertiary/aromatic N) is 2. The van der Waals surface area contributed by atoms with Gasteiger partial charge < -0.3 is 4.89 Å². The number of nitriles is 1. The Bertz CT molecular complexity index is 253. The van der Waals surface area contributed by atoms with Crippen LogP contribution >= 0.6 is 30.9 Å². The maximum Gasteiger partial charge on any atom is 0.405 e. The van der Waals surface area contributed by atoms with Gasteiger partial charge in [-0.1, -0.05) is 0 Å². The minimum Gasteiger partial charge on any atom is -0.312 e. The molecule has 0 bridgehead atoms. The molecule has 8 heteroatoms. The maximum absolute atomic E-state index is 11.6. The first-order valence-corrected chi connectivity index (χ1v) is 6.90. The summed E-state index contributed by atoms with van der Waals surface area (Å²) in [5.74, 6) is 0.423. The number of hydrogen-bond donors (Lipinski definition) is 1. The molecule has 0 aliphatic carbocycles. The molecular weight excluding hydrogens is 262 g/mol. The number of halogens is 2. The molecule has 0 amide bonds. The molecule has 1 unspecified atom stereocenters. The Balaban J connectivity index is 4.22. The van der Waals surface area contributed by atoms with Gasteiger partial charge >= 0.3 is 7.75 Å². The number of alkyl halides is 2. The second-order valence-corrected chi connectivity index (χ2v) is 5.12. The van der Waals surface area contributed by atoms with Crippen molar-refractivity contribution < 1.29 is 14.0 Å². The predicted molar refractivity (Wildman–Crippen MR) is 59.0 cm³/mol. The summed E-state index contributed by atoms with van der Waals surface area (Å²) in [4.78, 5) is 9.50. The lowest BCUT2D eigenvalue weighted by molar-refractivity contribution is 0.211. The van der Waals surface area contributed by atoms with Gasteiger partial charge in [-0.2, -0.15) is 5.26 Å². The average molecular weight is 275 g/mol. The van der Waals surface area contributed by atoms with E-state index in [1.165, 1.54) is 4.67 Å². The van der Waals surface area contributed by atoms with Gasteiger partial charge in [0.1, 0.15) is 0 Å². The minimum absolute atomic E-state index is 0.0696. The fourth-order valence-corrected chi connectivity index (χ4v) is 2.69. The maximum atomic E-state index is 11.6. The number of rotatable bonds is 8. The molecular formula is C7H13Cl2N2O3P. The second kappa shape index (κ2) is 8.35. The van der Waals surface area contributed by atoms with E-state index in [2.05, 4.69) is 0 Å². The van der Waals surface area contributed by atoms with Crippen molar-refractivity contribution in [3.05, 3.63) is 0 Å². The van der Waals surface area contributed by atoms with Crippen LogP contribution in [0.2, 0.25) is 0 Å². The lowest BCUT2D eigenvalue weighted by Gasteiger charge is -2.24. The molecule has 0 fully saturated rings. The van der Waals surface area contributed by atoms with Gasteiger partial charge in [-0.15, -0.1) is 23.2 Å². The van der Waals surface area contributed by atoms with Crippen LogP contribution in [0.5, 0.6) is 0 Å². The van der Waals surface area contributed by atoms with Crippen LogP contribution in [0.3, 0.4) is 0 Å². The first-order valence-electron chi connectivity index (χ1n) is 4.30. The molecule has 5 nitrogen and oxygen atoms in total. The van der Waals surface area contributed by atoms with Crippen LogP contribution in [0.1, 0.15) is 6.42 Å². The van der Waals surface area contributed by atoms with E-state index in [4.69, 9.17) is 33.0 Å². The predicted octanol–water partition coefficient (Wildman–Crippen LogP) is 1.80. The lowest BCUT2D eigenvalue weighted by Crippen LogP contribution is -2.26. The fourth-order valence-electron chi connectivity index (χ4n) is 0.852. The Labute approximate surface area is 99.1 Å². The third-order valence-electron chi connectivity index (χ3n) is 1.52. The van der Waals surface area contributed by atoms with E-state index in [1.54, 1.807) is 0 Å². The van der Waals surface area contributed by atoms with Crippen LogP contribution in [-0.4, -0.2) is 41.0 Å². The molecule has 0 radical (unpaired) electrons. The molecule has 0 saturated carbocycles. The second-order valence-electron chi connectivity index (χ2n) is 2.56. The molecule has 0 aliphatic rings. The molecule has 0 aromatic rings. The van der Waals surface area contributed by atoms with Crippen LogP contribution in [0.4, 0.5) is 0 Å². The molecule has 0 spiro atoms. The third-order valence-corrected chi connectivity index (χ3v) is 3.49. The van der Waals surface area contributed by atoms with Crippen molar-refractivity contribution in [2.24, 2.45) is 0 Å². The third kappa shape index (κ3) is 6.36. The molecule has 1 atom stereocenters. The molecule has 0 heterocycles. The molecule has 1 N–H and O–H groups in total. The van der Waals surface area contributed by atoms with Gasteiger partial charge in [-0.25, -0.2) is 9.24 Å². The largest absolute Gasteiger partial charge is 0.405 e. The Morgan fingerprint density at radius 2 is 1.93 bits per heavy atom. The Hall–Kier alpha value is 0.180. The van der Waals surface area contributed by atoms with Gasteiger partial charge in [0.05, 0.1) is 19.1 Å². The molecule has 15 heavy (non-hydrogen) atoms. The van der Waals surface area contributed by atoms with Gasteiger partial charge in [0.25, 0.3) is 0 Å². The van der Waals surface area contributed by atoms with Crippen LogP contribution in [0.25, 0.3) is 0 Å². The van der Waals surface area contributed by atoms with Crippen molar-refractivity contribution in [2.45, 2.75) is 6.42 Å². The van der Waals surface area contributed by atoms with Crippen LogP contribution in [0, 0.1) is 11.3 Å². The van der Waals surface area contributed by atoms with Gasteiger partial charge in [0.2, 0.25) is 0 Å². The van der Waals surface area contributed by atoms with E-state index >= 15 is 0 Å². The van der Waals surface area contributed by atoms with E-state index in [-0.39, 0.29) is 37.9 Å². The summed E-state index contributed by atoms with van der Waals surface area (Å²) in [5.41, 5.74) is 0. The summed E-state index contributed by atoms with van der Waals surface area (Å²) in [7, 11) is -3.85. The topological polar surface area (TPSA) is 73.6 Å². The van der Waals surface area contributed by atoms with Gasteiger partial charge in [0.15, 0.2) is 0 Å². The van der Waals surface area contributed by atoms with E-state index in [9.17, 15) is 9.46 Å². The normalized spacial score (nSPS) is 14.9. The van der Waals surface area contributed by atoms with Crippen molar-refractivity contribution in [3.63, 3.8) is 0 Å². The summed E-state index contributed by atoms with van der Waals surface area (Å²) < 4.78 is 17.5. The van der Waals surface area contributed by atoms with Crippen molar-refractivity contribution in [1.29, 1.82) is 5.26 Å². The zero-order valence-electron chi connectivity index (χ0n) is 8.10. The highest BCUT2D eigenvalue weighted by atomic mass is 35.5. The van der Waals surface area contributed by atoms with E-state index in [1.807, 2.05) is 6.07 Å². The summed E-state index contributed by atoms with van der Waals surface area (Å²) in [6.45, 7) is 0.356. The molecule has 0 rings (SSSR count). The summed E-state index contributed by atoms with van der Waals surface area (Å²) in [6, 6.07) is 1.82. The average Bonchev–Trinajstić information content (AvgIpc) is 2.18. The molecule has 88 valence electrons. The minimum atomic E-state index is -3.85. The van der Waals surface area contributed by atoms with Crippen LogP contribution in [-0.2, 0) is 9.09 Å². The highest BCUT2D eigenvalue weighted by Crippen LogP contribution is 2.46. The Morgan fingerprint density at radius 3 is 2.33 bits per heavy atom. The Kier molecular flexibility index (Phi) is 8.45. The lowest BCUT2D eigenvalue weighted by atomic mass is 10.5. The molecule has 0 aliphatic heterocycles. The van der Waals surface area contributed by atoms with Crippen LogP contribution in [0.15, 0.2) is 0 Å². The van der Waals surface area contributed by atoms with Gasteiger partial charge in [-0.3, -0.25) is 4.52 Å². The first kappa shape index (κ1) is 15.2. The van der Waals surface area contributed by atoms with Crippen molar-refractivity contribution >= 4 is 30.9 Å². The van der Waals surface area contributed by atoms with Crippen molar-refractivity contribution in [3.8, 4) is 6.07 Å². The number of hydrogen-bond acceptors (Lipinski definition) is 3. The van der Waals surface area contributed by atoms with E-state index in [0.29, 0.717) is 0 Å². The highest BCUT2D eigenvalue weighted by Gasteiger charge is 2.28. The van der Waals surface area contributed by atoms with E-state index < -0.39 is 7.75 Å². The summed E-state index contributed by atoms with van der Waals surface area (Å²) in [5, 5.41) is 8.25. The van der Waals surface area contributed by atoms with E-state index in [0.717, 1.165) is 0 Å². The summed E-state index contributed by atoms with van der Waals surface area (Å²) >= 11 is 10.9. The fraction of sp³-hybridized carbons (Fsp3) is 0.857. The van der Waals surface area contributed by atoms with Crippen LogP contribution < -0.4 is 0 Å². The zero-order chi connectivity index (χ0) is 11.7. The molecule has 0 aromatic carbocycles. The standard InChI is InChI=1S/C7H13Cl2N2O3P/c8-2-5-11(6-3-9)15(12,13)14-7-1-4-10/h1-3,5-7H2,(H,12,13). The van der Waals surface area contributed by atoms with Crippen molar-refractivity contribution in [2.75, 3.05) is 31.5 Å².